The average Bonchev–Trinajstić information content (AvgIpc) is 3.09. The minimum absolute atomic E-state index is 0.149. The summed E-state index contributed by atoms with van der Waals surface area (Å²) in [6, 6.07) is 14.6. The highest BCUT2D eigenvalue weighted by molar-refractivity contribution is 7.99. The summed E-state index contributed by atoms with van der Waals surface area (Å²) < 4.78 is 21.2. The SMILES string of the molecule is Cc1cccc(OCCSc2nnc([C@H](C)[NH+](C)C)n2-c2ccc(F)cc2)c1. The Kier molecular flexibility index (Phi) is 6.70. The van der Waals surface area contributed by atoms with Crippen molar-refractivity contribution < 1.29 is 14.0 Å². The van der Waals surface area contributed by atoms with Crippen LogP contribution in [0.15, 0.2) is 53.7 Å². The Balaban J connectivity index is 1.75. The van der Waals surface area contributed by atoms with E-state index in [0.29, 0.717) is 6.61 Å². The zero-order valence-corrected chi connectivity index (χ0v) is 17.5. The summed E-state index contributed by atoms with van der Waals surface area (Å²) in [4.78, 5) is 1.25. The lowest BCUT2D eigenvalue weighted by Crippen LogP contribution is -3.05. The first kappa shape index (κ1) is 20.4. The highest BCUT2D eigenvalue weighted by atomic mass is 32.2. The maximum Gasteiger partial charge on any atom is 0.196 e. The summed E-state index contributed by atoms with van der Waals surface area (Å²) in [5.74, 6) is 2.20. The molecule has 5 nitrogen and oxygen atoms in total. The van der Waals surface area contributed by atoms with Gasteiger partial charge >= 0.3 is 0 Å². The number of aromatic nitrogens is 3. The number of nitrogens with one attached hydrogen (secondary N) is 1. The van der Waals surface area contributed by atoms with Crippen LogP contribution in [0, 0.1) is 12.7 Å². The topological polar surface area (TPSA) is 44.4 Å². The Bertz CT molecular complexity index is 911. The molecule has 0 fully saturated rings. The largest absolute Gasteiger partial charge is 0.493 e. The van der Waals surface area contributed by atoms with Crippen molar-refractivity contribution in [3.05, 3.63) is 65.7 Å². The zero-order chi connectivity index (χ0) is 20.1. The molecule has 1 aromatic heterocycles. The molecule has 7 heteroatoms. The average molecular weight is 402 g/mol. The van der Waals surface area contributed by atoms with Gasteiger partial charge in [-0.05, 0) is 55.8 Å². The van der Waals surface area contributed by atoms with Crippen molar-refractivity contribution in [3.8, 4) is 11.4 Å². The van der Waals surface area contributed by atoms with Crippen LogP contribution in [0.5, 0.6) is 5.75 Å². The normalized spacial score (nSPS) is 12.4. The fourth-order valence-corrected chi connectivity index (χ4v) is 3.52. The van der Waals surface area contributed by atoms with Crippen molar-refractivity contribution in [1.29, 1.82) is 0 Å². The number of nitrogens with zero attached hydrogens (tertiary/aromatic N) is 3. The predicted octanol–water partition coefficient (Wildman–Crippen LogP) is 3.09. The molecule has 1 N–H and O–H groups in total. The Morgan fingerprint density at radius 2 is 1.89 bits per heavy atom. The van der Waals surface area contributed by atoms with Crippen LogP contribution in [0.2, 0.25) is 0 Å². The monoisotopic (exact) mass is 401 g/mol. The van der Waals surface area contributed by atoms with Crippen LogP contribution < -0.4 is 9.64 Å². The van der Waals surface area contributed by atoms with E-state index in [2.05, 4.69) is 31.2 Å². The van der Waals surface area contributed by atoms with E-state index in [1.54, 1.807) is 23.9 Å². The molecule has 1 atom stereocenters. The second kappa shape index (κ2) is 9.21. The number of quaternary nitrogens is 1. The van der Waals surface area contributed by atoms with Crippen molar-refractivity contribution in [1.82, 2.24) is 14.8 Å². The van der Waals surface area contributed by atoms with Crippen LogP contribution in [0.3, 0.4) is 0 Å². The second-order valence-corrected chi connectivity index (χ2v) is 8.03. The third kappa shape index (κ3) is 4.91. The van der Waals surface area contributed by atoms with Crippen molar-refractivity contribution in [2.45, 2.75) is 25.0 Å². The fraction of sp³-hybridized carbons (Fsp3) is 0.333. The lowest BCUT2D eigenvalue weighted by atomic mass is 10.2. The molecule has 0 spiro atoms. The van der Waals surface area contributed by atoms with Gasteiger partial charge in [0, 0.05) is 11.4 Å². The molecular formula is C21H26FN4OS+. The van der Waals surface area contributed by atoms with Gasteiger partial charge in [0.15, 0.2) is 11.0 Å². The first-order valence-corrected chi connectivity index (χ1v) is 10.3. The van der Waals surface area contributed by atoms with Gasteiger partial charge in [0.25, 0.3) is 0 Å². The van der Waals surface area contributed by atoms with Gasteiger partial charge in [-0.25, -0.2) is 4.39 Å². The molecule has 148 valence electrons. The second-order valence-electron chi connectivity index (χ2n) is 6.97. The number of rotatable bonds is 8. The van der Waals surface area contributed by atoms with Gasteiger partial charge in [-0.3, -0.25) is 4.57 Å². The molecular weight excluding hydrogens is 375 g/mol. The highest BCUT2D eigenvalue weighted by Crippen LogP contribution is 2.24. The molecule has 2 aromatic carbocycles. The van der Waals surface area contributed by atoms with E-state index in [1.807, 2.05) is 35.8 Å². The quantitative estimate of drug-likeness (QED) is 0.465. The Hall–Kier alpha value is -2.38. The Labute approximate surface area is 169 Å². The van der Waals surface area contributed by atoms with E-state index in [-0.39, 0.29) is 11.9 Å². The standard InChI is InChI=1S/C21H25FN4OS/c1-15-6-5-7-19(14-15)27-12-13-28-21-24-23-20(16(2)25(3)4)26(21)18-10-8-17(22)9-11-18/h5-11,14,16H,12-13H2,1-4H3/p+1/t16-/m0/s1. The molecule has 0 amide bonds. The van der Waals surface area contributed by atoms with Crippen LogP contribution in [0.1, 0.15) is 24.4 Å². The molecule has 0 radical (unpaired) electrons. The predicted molar refractivity (Wildman–Crippen MR) is 110 cm³/mol. The van der Waals surface area contributed by atoms with Crippen molar-refractivity contribution in [3.63, 3.8) is 0 Å². The van der Waals surface area contributed by atoms with E-state index < -0.39 is 0 Å². The van der Waals surface area contributed by atoms with Crippen LogP contribution in [-0.4, -0.2) is 41.2 Å². The smallest absolute Gasteiger partial charge is 0.196 e. The molecule has 0 aliphatic rings. The summed E-state index contributed by atoms with van der Waals surface area (Å²) in [7, 11) is 4.16. The molecule has 0 aliphatic heterocycles. The molecule has 3 aromatic rings. The first-order valence-electron chi connectivity index (χ1n) is 9.29. The lowest BCUT2D eigenvalue weighted by Gasteiger charge is -2.18. The molecule has 0 unspecified atom stereocenters. The van der Waals surface area contributed by atoms with Crippen molar-refractivity contribution in [2.75, 3.05) is 26.5 Å². The van der Waals surface area contributed by atoms with E-state index >= 15 is 0 Å². The number of aryl methyl sites for hydroxylation is 1. The third-order valence-electron chi connectivity index (χ3n) is 4.57. The fourth-order valence-electron chi connectivity index (χ4n) is 2.74. The number of ether oxygens (including phenoxy) is 1. The van der Waals surface area contributed by atoms with Crippen LogP contribution >= 0.6 is 11.8 Å². The minimum atomic E-state index is -0.259. The van der Waals surface area contributed by atoms with Gasteiger partial charge in [0.2, 0.25) is 0 Å². The maximum absolute atomic E-state index is 13.4. The molecule has 3 rings (SSSR count). The van der Waals surface area contributed by atoms with E-state index in [1.165, 1.54) is 22.6 Å². The van der Waals surface area contributed by atoms with E-state index in [4.69, 9.17) is 4.74 Å². The van der Waals surface area contributed by atoms with Gasteiger partial charge in [0.1, 0.15) is 17.6 Å². The molecule has 0 bridgehead atoms. The summed E-state index contributed by atoms with van der Waals surface area (Å²) in [6.07, 6.45) is 0. The number of hydrogen-bond acceptors (Lipinski definition) is 4. The van der Waals surface area contributed by atoms with E-state index in [9.17, 15) is 4.39 Å². The van der Waals surface area contributed by atoms with Gasteiger partial charge < -0.3 is 9.64 Å². The molecule has 1 heterocycles. The minimum Gasteiger partial charge on any atom is -0.493 e. The van der Waals surface area contributed by atoms with Crippen LogP contribution in [0.4, 0.5) is 4.39 Å². The maximum atomic E-state index is 13.4. The van der Waals surface area contributed by atoms with Crippen molar-refractivity contribution >= 4 is 11.8 Å². The summed E-state index contributed by atoms with van der Waals surface area (Å²) in [5, 5.41) is 9.59. The Morgan fingerprint density at radius 1 is 1.14 bits per heavy atom. The van der Waals surface area contributed by atoms with Gasteiger partial charge in [-0.2, -0.15) is 0 Å². The number of thioether (sulfide) groups is 1. The highest BCUT2D eigenvalue weighted by Gasteiger charge is 2.23. The van der Waals surface area contributed by atoms with E-state index in [0.717, 1.165) is 28.2 Å². The van der Waals surface area contributed by atoms with Gasteiger partial charge in [-0.1, -0.05) is 23.9 Å². The molecule has 0 saturated heterocycles. The number of hydrogen-bond donors (Lipinski definition) is 1. The van der Waals surface area contributed by atoms with Crippen LogP contribution in [-0.2, 0) is 0 Å². The number of halogens is 1. The summed E-state index contributed by atoms with van der Waals surface area (Å²) >= 11 is 1.58. The summed E-state index contributed by atoms with van der Waals surface area (Å²) in [5.41, 5.74) is 2.03. The Morgan fingerprint density at radius 3 is 2.57 bits per heavy atom. The number of benzene rings is 2. The van der Waals surface area contributed by atoms with Gasteiger partial charge in [0.05, 0.1) is 20.7 Å². The third-order valence-corrected chi connectivity index (χ3v) is 5.46. The molecule has 0 saturated carbocycles. The summed E-state index contributed by atoms with van der Waals surface area (Å²) in [6.45, 7) is 4.71. The molecule has 0 aliphatic carbocycles. The van der Waals surface area contributed by atoms with Crippen molar-refractivity contribution in [2.24, 2.45) is 0 Å². The van der Waals surface area contributed by atoms with Crippen LogP contribution in [0.25, 0.3) is 5.69 Å². The lowest BCUT2D eigenvalue weighted by molar-refractivity contribution is -0.890. The first-order chi connectivity index (χ1) is 13.5. The van der Waals surface area contributed by atoms with Gasteiger partial charge in [-0.15, -0.1) is 10.2 Å². The zero-order valence-electron chi connectivity index (χ0n) is 16.6. The molecule has 28 heavy (non-hydrogen) atoms.